The van der Waals surface area contributed by atoms with Crippen LogP contribution in [0.5, 0.6) is 0 Å². The van der Waals surface area contributed by atoms with Crippen LogP contribution in [0.1, 0.15) is 31.7 Å². The molecule has 1 rings (SSSR count). The maximum absolute atomic E-state index is 12.0. The molecule has 0 bridgehead atoms. The standard InChI is InChI=1S/C15H24N2O/c1-3-14(12-13-8-5-4-6-9-13)17(2)15(18)10-7-11-16/h4-6,8-9,14H,3,7,10-12,16H2,1-2H3. The zero-order valence-corrected chi connectivity index (χ0v) is 11.4. The summed E-state index contributed by atoms with van der Waals surface area (Å²) in [6, 6.07) is 10.6. The topological polar surface area (TPSA) is 46.3 Å². The number of carbonyl (C=O) groups is 1. The first-order chi connectivity index (χ1) is 8.69. The van der Waals surface area contributed by atoms with Gasteiger partial charge < -0.3 is 10.6 Å². The molecule has 2 N–H and O–H groups in total. The molecule has 0 aromatic heterocycles. The van der Waals surface area contributed by atoms with Gasteiger partial charge in [-0.1, -0.05) is 37.3 Å². The average molecular weight is 248 g/mol. The van der Waals surface area contributed by atoms with E-state index in [0.717, 1.165) is 19.3 Å². The second-order valence-electron chi connectivity index (χ2n) is 4.65. The van der Waals surface area contributed by atoms with Gasteiger partial charge in [0.05, 0.1) is 0 Å². The Morgan fingerprint density at radius 2 is 2.00 bits per heavy atom. The van der Waals surface area contributed by atoms with Crippen LogP contribution in [-0.2, 0) is 11.2 Å². The van der Waals surface area contributed by atoms with Crippen molar-refractivity contribution >= 4 is 5.91 Å². The fourth-order valence-corrected chi connectivity index (χ4v) is 2.07. The minimum absolute atomic E-state index is 0.197. The van der Waals surface area contributed by atoms with E-state index in [4.69, 9.17) is 5.73 Å². The molecule has 0 saturated carbocycles. The van der Waals surface area contributed by atoms with Crippen molar-refractivity contribution in [2.24, 2.45) is 5.73 Å². The van der Waals surface area contributed by atoms with Crippen LogP contribution in [-0.4, -0.2) is 30.4 Å². The van der Waals surface area contributed by atoms with Gasteiger partial charge in [-0.3, -0.25) is 4.79 Å². The number of rotatable bonds is 7. The molecule has 0 heterocycles. The highest BCUT2D eigenvalue weighted by molar-refractivity contribution is 5.76. The fourth-order valence-electron chi connectivity index (χ4n) is 2.07. The Morgan fingerprint density at radius 1 is 1.33 bits per heavy atom. The van der Waals surface area contributed by atoms with E-state index in [-0.39, 0.29) is 11.9 Å². The lowest BCUT2D eigenvalue weighted by molar-refractivity contribution is -0.132. The van der Waals surface area contributed by atoms with Gasteiger partial charge in [-0.15, -0.1) is 0 Å². The highest BCUT2D eigenvalue weighted by Crippen LogP contribution is 2.12. The van der Waals surface area contributed by atoms with E-state index >= 15 is 0 Å². The van der Waals surface area contributed by atoms with E-state index in [1.807, 2.05) is 30.1 Å². The summed E-state index contributed by atoms with van der Waals surface area (Å²) < 4.78 is 0. The van der Waals surface area contributed by atoms with Crippen molar-refractivity contribution in [1.82, 2.24) is 4.90 Å². The SMILES string of the molecule is CCC(Cc1ccccc1)N(C)C(=O)CCCN. The third-order valence-corrected chi connectivity index (χ3v) is 3.32. The van der Waals surface area contributed by atoms with Gasteiger partial charge in [-0.05, 0) is 31.4 Å². The van der Waals surface area contributed by atoms with Crippen LogP contribution in [0.3, 0.4) is 0 Å². The van der Waals surface area contributed by atoms with Gasteiger partial charge in [0.2, 0.25) is 5.91 Å². The van der Waals surface area contributed by atoms with Crippen molar-refractivity contribution < 1.29 is 4.79 Å². The molecule has 3 nitrogen and oxygen atoms in total. The number of nitrogens with zero attached hydrogens (tertiary/aromatic N) is 1. The third-order valence-electron chi connectivity index (χ3n) is 3.32. The maximum Gasteiger partial charge on any atom is 0.222 e. The summed E-state index contributed by atoms with van der Waals surface area (Å²) in [7, 11) is 1.90. The van der Waals surface area contributed by atoms with Crippen molar-refractivity contribution in [3.05, 3.63) is 35.9 Å². The smallest absolute Gasteiger partial charge is 0.222 e. The second-order valence-corrected chi connectivity index (χ2v) is 4.65. The maximum atomic E-state index is 12.0. The molecular weight excluding hydrogens is 224 g/mol. The number of carbonyl (C=O) groups excluding carboxylic acids is 1. The zero-order valence-electron chi connectivity index (χ0n) is 11.4. The normalized spacial score (nSPS) is 12.2. The number of hydrogen-bond acceptors (Lipinski definition) is 2. The third kappa shape index (κ3) is 4.49. The van der Waals surface area contributed by atoms with Crippen molar-refractivity contribution in [1.29, 1.82) is 0 Å². The lowest BCUT2D eigenvalue weighted by Crippen LogP contribution is -2.38. The summed E-state index contributed by atoms with van der Waals surface area (Å²) in [4.78, 5) is 13.8. The first-order valence-corrected chi connectivity index (χ1v) is 6.68. The first kappa shape index (κ1) is 14.7. The molecule has 100 valence electrons. The van der Waals surface area contributed by atoms with Crippen LogP contribution >= 0.6 is 0 Å². The first-order valence-electron chi connectivity index (χ1n) is 6.68. The van der Waals surface area contributed by atoms with E-state index in [0.29, 0.717) is 13.0 Å². The number of likely N-dealkylation sites (N-methyl/N-ethyl adjacent to an activating group) is 1. The predicted octanol–water partition coefficient (Wildman–Crippen LogP) is 2.21. The number of nitrogens with two attached hydrogens (primary N) is 1. The summed E-state index contributed by atoms with van der Waals surface area (Å²) >= 11 is 0. The van der Waals surface area contributed by atoms with Gasteiger partial charge >= 0.3 is 0 Å². The molecule has 0 spiro atoms. The van der Waals surface area contributed by atoms with E-state index < -0.39 is 0 Å². The molecule has 0 aliphatic heterocycles. The van der Waals surface area contributed by atoms with E-state index in [1.165, 1.54) is 5.56 Å². The fraction of sp³-hybridized carbons (Fsp3) is 0.533. The molecule has 0 aliphatic carbocycles. The van der Waals surface area contributed by atoms with Crippen LogP contribution in [0.25, 0.3) is 0 Å². The minimum atomic E-state index is 0.197. The van der Waals surface area contributed by atoms with Crippen LogP contribution < -0.4 is 5.73 Å². The molecule has 1 atom stereocenters. The van der Waals surface area contributed by atoms with E-state index in [1.54, 1.807) is 0 Å². The lowest BCUT2D eigenvalue weighted by Gasteiger charge is -2.27. The predicted molar refractivity (Wildman–Crippen MR) is 75.3 cm³/mol. The molecule has 0 aliphatic rings. The van der Waals surface area contributed by atoms with Crippen molar-refractivity contribution in [2.45, 2.75) is 38.6 Å². The van der Waals surface area contributed by atoms with Crippen molar-refractivity contribution in [2.75, 3.05) is 13.6 Å². The van der Waals surface area contributed by atoms with Gasteiger partial charge in [-0.2, -0.15) is 0 Å². The highest BCUT2D eigenvalue weighted by atomic mass is 16.2. The molecule has 1 amide bonds. The lowest BCUT2D eigenvalue weighted by atomic mass is 10.0. The highest BCUT2D eigenvalue weighted by Gasteiger charge is 2.17. The monoisotopic (exact) mass is 248 g/mol. The Balaban J connectivity index is 2.57. The Bertz CT molecular complexity index is 351. The largest absolute Gasteiger partial charge is 0.342 e. The van der Waals surface area contributed by atoms with E-state index in [2.05, 4.69) is 19.1 Å². The van der Waals surface area contributed by atoms with Crippen LogP contribution in [0, 0.1) is 0 Å². The van der Waals surface area contributed by atoms with Gasteiger partial charge in [0.1, 0.15) is 0 Å². The van der Waals surface area contributed by atoms with Gasteiger partial charge in [-0.25, -0.2) is 0 Å². The quantitative estimate of drug-likeness (QED) is 0.804. The average Bonchev–Trinajstić information content (AvgIpc) is 2.42. The van der Waals surface area contributed by atoms with Gasteiger partial charge in [0, 0.05) is 19.5 Å². The van der Waals surface area contributed by atoms with Crippen LogP contribution in [0.15, 0.2) is 30.3 Å². The van der Waals surface area contributed by atoms with Gasteiger partial charge in [0.15, 0.2) is 0 Å². The molecular formula is C15H24N2O. The summed E-state index contributed by atoms with van der Waals surface area (Å²) in [6.45, 7) is 2.70. The molecule has 1 unspecified atom stereocenters. The number of hydrogen-bond donors (Lipinski definition) is 1. The summed E-state index contributed by atoms with van der Waals surface area (Å²) in [5.74, 6) is 0.197. The molecule has 1 aromatic carbocycles. The summed E-state index contributed by atoms with van der Waals surface area (Å²) in [6.07, 6.45) is 3.21. The molecule has 0 saturated heterocycles. The number of amides is 1. The minimum Gasteiger partial charge on any atom is -0.342 e. The van der Waals surface area contributed by atoms with Crippen molar-refractivity contribution in [3.8, 4) is 0 Å². The molecule has 0 fully saturated rings. The molecule has 18 heavy (non-hydrogen) atoms. The molecule has 3 heteroatoms. The van der Waals surface area contributed by atoms with Crippen molar-refractivity contribution in [3.63, 3.8) is 0 Å². The van der Waals surface area contributed by atoms with Crippen LogP contribution in [0.4, 0.5) is 0 Å². The molecule has 0 radical (unpaired) electrons. The Kier molecular flexibility index (Phi) is 6.44. The Hall–Kier alpha value is -1.35. The molecule has 1 aromatic rings. The summed E-state index contributed by atoms with van der Waals surface area (Å²) in [5.41, 5.74) is 6.72. The second kappa shape index (κ2) is 7.88. The van der Waals surface area contributed by atoms with Crippen LogP contribution in [0.2, 0.25) is 0 Å². The van der Waals surface area contributed by atoms with E-state index in [9.17, 15) is 4.79 Å². The summed E-state index contributed by atoms with van der Waals surface area (Å²) in [5, 5.41) is 0. The van der Waals surface area contributed by atoms with Gasteiger partial charge in [0.25, 0.3) is 0 Å². The Labute approximate surface area is 110 Å². The zero-order chi connectivity index (χ0) is 13.4. The Morgan fingerprint density at radius 3 is 2.56 bits per heavy atom. The number of benzene rings is 1.